The number of ketones is 1. The topological polar surface area (TPSA) is 88.1 Å². The second-order valence-electron chi connectivity index (χ2n) is 7.57. The molecule has 0 spiro atoms. The highest BCUT2D eigenvalue weighted by Gasteiger charge is 2.35. The maximum atomic E-state index is 12.3. The zero-order chi connectivity index (χ0) is 20.5. The van der Waals surface area contributed by atoms with Gasteiger partial charge in [-0.15, -0.1) is 5.11 Å². The molecule has 0 aromatic heterocycles. The molecule has 0 unspecified atom stereocenters. The van der Waals surface area contributed by atoms with Crippen molar-refractivity contribution in [1.82, 2.24) is 4.90 Å². The van der Waals surface area contributed by atoms with E-state index in [9.17, 15) is 9.59 Å². The SMILES string of the molecule is CC(=O)c1ccc(N=NC(C(N)=O)=C2c3ccccc3CC(C)(C)N2C)cc1. The fourth-order valence-electron chi connectivity index (χ4n) is 3.34. The second-order valence-corrected chi connectivity index (χ2v) is 7.57. The number of likely N-dealkylation sites (N-methyl/N-ethyl adjacent to an activating group) is 1. The summed E-state index contributed by atoms with van der Waals surface area (Å²) < 4.78 is 0. The van der Waals surface area contributed by atoms with E-state index in [0.29, 0.717) is 16.9 Å². The number of carbonyl (C=O) groups is 2. The van der Waals surface area contributed by atoms with Crippen molar-refractivity contribution in [1.29, 1.82) is 0 Å². The average Bonchev–Trinajstić information content (AvgIpc) is 2.64. The number of nitrogens with two attached hydrogens (primary N) is 1. The molecule has 2 aromatic carbocycles. The van der Waals surface area contributed by atoms with Gasteiger partial charge in [-0.05, 0) is 57.0 Å². The van der Waals surface area contributed by atoms with Gasteiger partial charge in [0.15, 0.2) is 11.5 Å². The van der Waals surface area contributed by atoms with Crippen molar-refractivity contribution < 1.29 is 9.59 Å². The first-order valence-corrected chi connectivity index (χ1v) is 9.09. The first-order chi connectivity index (χ1) is 13.2. The van der Waals surface area contributed by atoms with Crippen LogP contribution in [-0.2, 0) is 11.2 Å². The van der Waals surface area contributed by atoms with Gasteiger partial charge >= 0.3 is 0 Å². The Morgan fingerprint density at radius 1 is 1.07 bits per heavy atom. The summed E-state index contributed by atoms with van der Waals surface area (Å²) in [7, 11) is 1.94. The Hall–Kier alpha value is -3.28. The zero-order valence-electron chi connectivity index (χ0n) is 16.6. The molecule has 6 heteroatoms. The molecule has 0 bridgehead atoms. The predicted molar refractivity (Wildman–Crippen MR) is 109 cm³/mol. The van der Waals surface area contributed by atoms with Gasteiger partial charge in [-0.2, -0.15) is 5.11 Å². The third kappa shape index (κ3) is 3.71. The maximum Gasteiger partial charge on any atom is 0.271 e. The van der Waals surface area contributed by atoms with Crippen LogP contribution in [0.3, 0.4) is 0 Å². The quantitative estimate of drug-likeness (QED) is 0.495. The van der Waals surface area contributed by atoms with E-state index in [0.717, 1.165) is 17.5 Å². The van der Waals surface area contributed by atoms with E-state index in [1.54, 1.807) is 24.3 Å². The third-order valence-electron chi connectivity index (χ3n) is 5.14. The number of Topliss-reactive ketones (excluding diaryl/α,β-unsaturated/α-hetero) is 1. The number of fused-ring (bicyclic) bond motifs is 1. The maximum absolute atomic E-state index is 12.3. The van der Waals surface area contributed by atoms with Crippen LogP contribution in [0, 0.1) is 0 Å². The minimum atomic E-state index is -0.640. The second kappa shape index (κ2) is 7.38. The Kier molecular flexibility index (Phi) is 5.14. The number of hydrogen-bond donors (Lipinski definition) is 1. The molecule has 28 heavy (non-hydrogen) atoms. The van der Waals surface area contributed by atoms with E-state index < -0.39 is 5.91 Å². The first kappa shape index (κ1) is 19.5. The molecule has 1 aliphatic rings. The Morgan fingerprint density at radius 2 is 1.71 bits per heavy atom. The lowest BCUT2D eigenvalue weighted by molar-refractivity contribution is -0.114. The highest BCUT2D eigenvalue weighted by Crippen LogP contribution is 2.38. The number of hydrogen-bond acceptors (Lipinski definition) is 5. The lowest BCUT2D eigenvalue weighted by atomic mass is 9.83. The van der Waals surface area contributed by atoms with Gasteiger partial charge in [0.2, 0.25) is 0 Å². The van der Waals surface area contributed by atoms with Crippen molar-refractivity contribution in [3.05, 3.63) is 70.9 Å². The normalized spacial score (nSPS) is 17.4. The van der Waals surface area contributed by atoms with Crippen LogP contribution in [0.1, 0.15) is 42.3 Å². The van der Waals surface area contributed by atoms with Gasteiger partial charge < -0.3 is 10.6 Å². The Balaban J connectivity index is 2.10. The standard InChI is InChI=1S/C22H24N4O2/c1-14(27)15-9-11-17(12-10-15)24-25-19(21(23)28)20-18-8-6-5-7-16(18)13-22(2,3)26(20)4/h5-12H,13H2,1-4H3,(H2,23,28). The molecule has 1 aliphatic heterocycles. The summed E-state index contributed by atoms with van der Waals surface area (Å²) in [5.41, 5.74) is 9.46. The van der Waals surface area contributed by atoms with E-state index in [-0.39, 0.29) is 17.0 Å². The monoisotopic (exact) mass is 376 g/mol. The van der Waals surface area contributed by atoms with Crippen LogP contribution >= 0.6 is 0 Å². The summed E-state index contributed by atoms with van der Waals surface area (Å²) in [6.07, 6.45) is 0.846. The molecule has 0 saturated heterocycles. The van der Waals surface area contributed by atoms with Gasteiger partial charge in [-0.25, -0.2) is 0 Å². The smallest absolute Gasteiger partial charge is 0.271 e. The zero-order valence-corrected chi connectivity index (χ0v) is 16.6. The van der Waals surface area contributed by atoms with E-state index in [1.165, 1.54) is 6.92 Å². The number of azo groups is 1. The molecule has 0 fully saturated rings. The Bertz CT molecular complexity index is 988. The molecule has 3 rings (SSSR count). The van der Waals surface area contributed by atoms with Gasteiger partial charge in [0.05, 0.1) is 11.4 Å². The van der Waals surface area contributed by atoms with Crippen molar-refractivity contribution in [2.75, 3.05) is 7.05 Å². The summed E-state index contributed by atoms with van der Waals surface area (Å²) in [6, 6.07) is 14.7. The van der Waals surface area contributed by atoms with Gasteiger partial charge in [0.25, 0.3) is 5.91 Å². The molecule has 1 heterocycles. The highest BCUT2D eigenvalue weighted by molar-refractivity contribution is 6.00. The number of amides is 1. The Morgan fingerprint density at radius 3 is 2.32 bits per heavy atom. The third-order valence-corrected chi connectivity index (χ3v) is 5.14. The molecular weight excluding hydrogens is 352 g/mol. The number of primary amides is 1. The largest absolute Gasteiger partial charge is 0.367 e. The lowest BCUT2D eigenvalue weighted by Gasteiger charge is -2.44. The molecule has 144 valence electrons. The molecule has 6 nitrogen and oxygen atoms in total. The molecule has 0 atom stereocenters. The summed E-state index contributed by atoms with van der Waals surface area (Å²) in [5.74, 6) is -0.662. The van der Waals surface area contributed by atoms with E-state index in [1.807, 2.05) is 30.1 Å². The average molecular weight is 376 g/mol. The number of carbonyl (C=O) groups excluding carboxylic acids is 2. The highest BCUT2D eigenvalue weighted by atomic mass is 16.1. The van der Waals surface area contributed by atoms with Crippen LogP contribution in [0.4, 0.5) is 5.69 Å². The van der Waals surface area contributed by atoms with Gasteiger partial charge in [-0.1, -0.05) is 24.3 Å². The van der Waals surface area contributed by atoms with Crippen LogP contribution < -0.4 is 5.73 Å². The van der Waals surface area contributed by atoms with Crippen molar-refractivity contribution in [2.24, 2.45) is 16.0 Å². The number of benzene rings is 2. The summed E-state index contributed by atoms with van der Waals surface area (Å²) in [4.78, 5) is 25.7. The number of rotatable bonds is 4. The minimum absolute atomic E-state index is 0.0221. The molecule has 0 saturated carbocycles. The molecule has 2 N–H and O–H groups in total. The Labute approximate surface area is 164 Å². The summed E-state index contributed by atoms with van der Waals surface area (Å²) >= 11 is 0. The van der Waals surface area contributed by atoms with Crippen molar-refractivity contribution in [3.63, 3.8) is 0 Å². The summed E-state index contributed by atoms with van der Waals surface area (Å²) in [6.45, 7) is 5.72. The molecule has 2 aromatic rings. The van der Waals surface area contributed by atoms with Gasteiger partial charge in [0, 0.05) is 23.7 Å². The molecular formula is C22H24N4O2. The van der Waals surface area contributed by atoms with E-state index >= 15 is 0 Å². The predicted octanol–water partition coefficient (Wildman–Crippen LogP) is 4.09. The van der Waals surface area contributed by atoms with Crippen LogP contribution in [0.25, 0.3) is 5.70 Å². The summed E-state index contributed by atoms with van der Waals surface area (Å²) in [5, 5.41) is 8.40. The van der Waals surface area contributed by atoms with Crippen molar-refractivity contribution in [3.8, 4) is 0 Å². The van der Waals surface area contributed by atoms with Crippen molar-refractivity contribution >= 4 is 23.1 Å². The fourth-order valence-corrected chi connectivity index (χ4v) is 3.34. The van der Waals surface area contributed by atoms with Crippen LogP contribution in [0.15, 0.2) is 64.5 Å². The molecule has 0 radical (unpaired) electrons. The van der Waals surface area contributed by atoms with Gasteiger partial charge in [0.1, 0.15) is 0 Å². The van der Waals surface area contributed by atoms with Crippen LogP contribution in [-0.4, -0.2) is 29.2 Å². The lowest BCUT2D eigenvalue weighted by Crippen LogP contribution is -2.46. The van der Waals surface area contributed by atoms with E-state index in [2.05, 4.69) is 30.1 Å². The van der Waals surface area contributed by atoms with Crippen molar-refractivity contribution in [2.45, 2.75) is 32.7 Å². The van der Waals surface area contributed by atoms with Gasteiger partial charge in [-0.3, -0.25) is 9.59 Å². The fraction of sp³-hybridized carbons (Fsp3) is 0.273. The van der Waals surface area contributed by atoms with Crippen LogP contribution in [0.2, 0.25) is 0 Å². The molecule has 1 amide bonds. The van der Waals surface area contributed by atoms with Crippen LogP contribution in [0.5, 0.6) is 0 Å². The molecule has 0 aliphatic carbocycles. The number of nitrogens with zero attached hydrogens (tertiary/aromatic N) is 3. The first-order valence-electron chi connectivity index (χ1n) is 9.09. The van der Waals surface area contributed by atoms with E-state index in [4.69, 9.17) is 5.73 Å². The minimum Gasteiger partial charge on any atom is -0.367 e.